The van der Waals surface area contributed by atoms with Crippen LogP contribution in [0.3, 0.4) is 0 Å². The molecule has 7 rings (SSSR count). The van der Waals surface area contributed by atoms with E-state index in [1.54, 1.807) is 83.1 Å². The maximum Gasteiger partial charge on any atom is 0.509 e. The van der Waals surface area contributed by atoms with E-state index in [4.69, 9.17) is 47.4 Å². The van der Waals surface area contributed by atoms with E-state index in [0.29, 0.717) is 6.42 Å². The Morgan fingerprint density at radius 3 is 2.08 bits per heavy atom. The maximum absolute atomic E-state index is 15.9. The van der Waals surface area contributed by atoms with E-state index < -0.39 is 137 Å². The Morgan fingerprint density at radius 1 is 0.816 bits per heavy atom. The molecule has 478 valence electrons. The van der Waals surface area contributed by atoms with Crippen molar-refractivity contribution in [2.24, 2.45) is 16.7 Å². The van der Waals surface area contributed by atoms with Crippen LogP contribution in [-0.2, 0) is 66.5 Å². The highest BCUT2D eigenvalue weighted by molar-refractivity contribution is 5.95. The smallest absolute Gasteiger partial charge is 0.455 e. The monoisotopic (exact) mass is 1210 g/mol. The summed E-state index contributed by atoms with van der Waals surface area (Å²) in [4.78, 5) is 100. The highest BCUT2D eigenvalue weighted by Gasteiger charge is 2.78. The van der Waals surface area contributed by atoms with Crippen LogP contribution >= 0.6 is 0 Å². The third-order valence-corrected chi connectivity index (χ3v) is 17.6. The van der Waals surface area contributed by atoms with Gasteiger partial charge in [0.25, 0.3) is 0 Å². The number of unbranched alkanes of at least 4 members (excludes halogenated alkanes) is 8. The van der Waals surface area contributed by atoms with Gasteiger partial charge in [-0.15, -0.1) is 0 Å². The van der Waals surface area contributed by atoms with E-state index in [0.717, 1.165) is 71.6 Å². The van der Waals surface area contributed by atoms with E-state index in [1.807, 2.05) is 0 Å². The zero-order valence-electron chi connectivity index (χ0n) is 52.2. The first-order valence-electron chi connectivity index (χ1n) is 30.8. The van der Waals surface area contributed by atoms with E-state index in [-0.39, 0.29) is 48.5 Å². The molecule has 0 aromatic heterocycles. The lowest BCUT2D eigenvalue weighted by molar-refractivity contribution is -0.346. The van der Waals surface area contributed by atoms with Gasteiger partial charge in [0.05, 0.1) is 36.2 Å². The number of aliphatic hydroxyl groups is 2. The predicted octanol–water partition coefficient (Wildman–Crippen LogP) is 10.5. The molecule has 2 saturated heterocycles. The fraction of sp³-hybridized carbons (Fsp3) is 0.627. The van der Waals surface area contributed by atoms with Gasteiger partial charge in [0.1, 0.15) is 48.3 Å². The van der Waals surface area contributed by atoms with Gasteiger partial charge in [0.15, 0.2) is 23.8 Å². The molecule has 3 aliphatic carbocycles. The Balaban J connectivity index is 1.16. The van der Waals surface area contributed by atoms with Gasteiger partial charge in [-0.05, 0) is 102 Å². The molecule has 2 saturated carbocycles. The molecule has 13 atom stereocenters. The molecule has 2 aromatic carbocycles. The second-order valence-corrected chi connectivity index (χ2v) is 25.4. The number of hydrogen-bond donors (Lipinski definition) is 3. The number of Topliss-reactive ketones (excluding diaryl/α,β-unsaturated/α-hetero) is 1. The Morgan fingerprint density at radius 2 is 1.46 bits per heavy atom. The highest BCUT2D eigenvalue weighted by Crippen LogP contribution is 2.64. The average molecular weight is 1210 g/mol. The number of ether oxygens (including phenoxy) is 10. The summed E-state index contributed by atoms with van der Waals surface area (Å²) >= 11 is 0. The quantitative estimate of drug-likeness (QED) is 0.0342. The number of carbonyl (C=O) groups excluding carboxylic acids is 7. The third-order valence-electron chi connectivity index (χ3n) is 17.6. The van der Waals surface area contributed by atoms with E-state index in [1.165, 1.54) is 38.8 Å². The summed E-state index contributed by atoms with van der Waals surface area (Å²) in [6.07, 6.45) is 6.96. The molecule has 3 unspecified atom stereocenters. The second kappa shape index (κ2) is 29.7. The summed E-state index contributed by atoms with van der Waals surface area (Å²) in [6, 6.07) is 14.3. The molecule has 1 amide bonds. The van der Waals surface area contributed by atoms with Crippen LogP contribution in [0.5, 0.6) is 0 Å². The number of esters is 4. The van der Waals surface area contributed by atoms with Crippen LogP contribution in [0.1, 0.15) is 181 Å². The molecule has 4 fully saturated rings. The minimum atomic E-state index is -2.50. The van der Waals surface area contributed by atoms with E-state index in [2.05, 4.69) is 36.5 Å². The Bertz CT molecular complexity index is 2810. The Labute approximate surface area is 511 Å². The van der Waals surface area contributed by atoms with Gasteiger partial charge in [0, 0.05) is 32.1 Å². The Hall–Kier alpha value is -6.45. The van der Waals surface area contributed by atoms with Crippen LogP contribution < -0.4 is 5.32 Å². The van der Waals surface area contributed by atoms with E-state index >= 15 is 9.59 Å². The zero-order valence-corrected chi connectivity index (χ0v) is 52.2. The molecule has 5 aliphatic rings. The molecule has 2 aromatic rings. The molecule has 87 heavy (non-hydrogen) atoms. The zero-order chi connectivity index (χ0) is 63.3. The molecule has 20 heteroatoms. The normalized spacial score (nSPS) is 29.0. The summed E-state index contributed by atoms with van der Waals surface area (Å²) in [5.74, 6) is -6.54. The minimum absolute atomic E-state index is 0.0348. The van der Waals surface area contributed by atoms with E-state index in [9.17, 15) is 34.2 Å². The van der Waals surface area contributed by atoms with Gasteiger partial charge in [0.2, 0.25) is 6.10 Å². The van der Waals surface area contributed by atoms with Crippen molar-refractivity contribution in [2.75, 3.05) is 19.8 Å². The lowest BCUT2D eigenvalue weighted by Gasteiger charge is -2.67. The molecule has 0 spiro atoms. The van der Waals surface area contributed by atoms with Crippen molar-refractivity contribution in [1.29, 1.82) is 0 Å². The number of benzene rings is 2. The standard InChI is InChI=1S/C67H91NO19/c1-11-12-13-14-15-16-17-18-19-20-21-22-23-24-31-36-51-78-39-47(82-51)40-79-62(76)84-55(53(45-32-27-25-28-33-45)68-61(75)87-63(5,6)7)60(74)83-48-38-67(77)58(85-59(73)46-34-29-26-30-35-46)56-65(10,49(71)37-50-66(56,41-80-50)86-44(4)70)57(72)54(81-43(3)69)52(42(48)2)64(67,8)9/h14-15,17-18,25-30,32-35,47-51,53-56,58,71,77H,11-13,16,19-24,31,36-41H2,1-10H3,(H,68,75)/b15-14+,18-17+/t47?,48-,49-,50+,51?,53-,54+,55+,56?,58-,65+,66-,67+/m0/s1. The first-order valence-corrected chi connectivity index (χ1v) is 30.8. The number of fused-ring (bicyclic) bond motifs is 5. The van der Waals surface area contributed by atoms with Crippen LogP contribution in [0, 0.1) is 16.7 Å². The number of amides is 1. The van der Waals surface area contributed by atoms with Gasteiger partial charge >= 0.3 is 36.1 Å². The average Bonchev–Trinajstić information content (AvgIpc) is 0.810. The minimum Gasteiger partial charge on any atom is -0.455 e. The topological polar surface area (TPSA) is 264 Å². The predicted molar refractivity (Wildman–Crippen MR) is 317 cm³/mol. The number of carbonyl (C=O) groups is 7. The Kier molecular flexibility index (Phi) is 23.2. The number of aliphatic hydroxyl groups excluding tert-OH is 1. The van der Waals surface area contributed by atoms with Crippen molar-refractivity contribution in [3.8, 4) is 0 Å². The van der Waals surface area contributed by atoms with Gasteiger partial charge in [-0.2, -0.15) is 0 Å². The highest BCUT2D eigenvalue weighted by atomic mass is 16.8. The number of hydrogen-bond acceptors (Lipinski definition) is 19. The molecule has 3 N–H and O–H groups in total. The first kappa shape index (κ1) is 68.0. The van der Waals surface area contributed by atoms with Crippen molar-refractivity contribution in [1.82, 2.24) is 5.32 Å². The molecular weight excluding hydrogens is 1120 g/mol. The number of allylic oxidation sites excluding steroid dienone is 4. The molecule has 0 radical (unpaired) electrons. The van der Waals surface area contributed by atoms with Crippen molar-refractivity contribution in [3.05, 3.63) is 107 Å². The summed E-state index contributed by atoms with van der Waals surface area (Å²) in [5.41, 5.74) is -8.93. The first-order chi connectivity index (χ1) is 41.3. The molecule has 20 nitrogen and oxygen atoms in total. The number of rotatable bonds is 26. The van der Waals surface area contributed by atoms with Crippen LogP contribution in [0.2, 0.25) is 0 Å². The van der Waals surface area contributed by atoms with Gasteiger partial charge in [-0.1, -0.05) is 132 Å². The maximum atomic E-state index is 15.9. The summed E-state index contributed by atoms with van der Waals surface area (Å²) in [6.45, 7) is 14.7. The summed E-state index contributed by atoms with van der Waals surface area (Å²) in [7, 11) is 0. The van der Waals surface area contributed by atoms with Crippen LogP contribution in [0.15, 0.2) is 96.1 Å². The molecular formula is C67H91NO19. The largest absolute Gasteiger partial charge is 0.509 e. The fourth-order valence-electron chi connectivity index (χ4n) is 13.1. The van der Waals surface area contributed by atoms with Crippen molar-refractivity contribution < 1.29 is 91.1 Å². The molecule has 2 bridgehead atoms. The summed E-state index contributed by atoms with van der Waals surface area (Å²) in [5, 5.41) is 29.0. The number of nitrogens with one attached hydrogen (secondary N) is 1. The molecule has 2 aliphatic heterocycles. The second-order valence-electron chi connectivity index (χ2n) is 25.4. The summed E-state index contributed by atoms with van der Waals surface area (Å²) < 4.78 is 60.1. The fourth-order valence-corrected chi connectivity index (χ4v) is 13.1. The number of ketones is 1. The van der Waals surface area contributed by atoms with Crippen LogP contribution in [0.4, 0.5) is 9.59 Å². The van der Waals surface area contributed by atoms with Crippen LogP contribution in [-0.4, -0.2) is 138 Å². The van der Waals surface area contributed by atoms with Crippen molar-refractivity contribution >= 4 is 41.9 Å². The lowest BCUT2D eigenvalue weighted by atomic mass is 9.44. The SMILES string of the molecule is CCCC/C=C/C/C=C/CCCCCCCCC1OCC(COC(=O)O[C@@H](C(=O)O[C@H]2C[C@@]3(O)[C@@H](OC(=O)c4ccccc4)C4[C@](C)(C(=O)[C@H](OC(C)=O)C(=C2C)C3(C)C)[C@@H](O)C[C@H]2OC[C@@]42OC(C)=O)[C@@H](NC(=O)OC(C)(C)C)c2ccccc2)O1. The van der Waals surface area contributed by atoms with Gasteiger partial charge < -0.3 is 62.9 Å². The molecule has 2 heterocycles. The van der Waals surface area contributed by atoms with Crippen LogP contribution in [0.25, 0.3) is 0 Å². The van der Waals surface area contributed by atoms with Crippen molar-refractivity contribution in [3.63, 3.8) is 0 Å². The van der Waals surface area contributed by atoms with Crippen molar-refractivity contribution in [2.45, 2.75) is 231 Å². The van der Waals surface area contributed by atoms with Gasteiger partial charge in [-0.3, -0.25) is 14.4 Å². The third kappa shape index (κ3) is 16.1. The van der Waals surface area contributed by atoms with Gasteiger partial charge in [-0.25, -0.2) is 19.2 Å². The number of alkyl carbamates (subject to hydrolysis) is 1. The lowest BCUT2D eigenvalue weighted by Crippen LogP contribution is -2.82.